The van der Waals surface area contributed by atoms with Crippen molar-refractivity contribution in [3.63, 3.8) is 0 Å². The Morgan fingerprint density at radius 3 is 2.44 bits per heavy atom. The Bertz CT molecular complexity index is 545. The van der Waals surface area contributed by atoms with Gasteiger partial charge in [0.15, 0.2) is 0 Å². The highest BCUT2D eigenvalue weighted by molar-refractivity contribution is 9.10. The number of thiophene rings is 1. The Kier molecular flexibility index (Phi) is 4.49. The van der Waals surface area contributed by atoms with Crippen LogP contribution in [-0.4, -0.2) is 7.05 Å². The fraction of sp³-hybridized carbons (Fsp3) is 0.286. The molecule has 0 aliphatic rings. The van der Waals surface area contributed by atoms with E-state index in [0.717, 1.165) is 9.50 Å². The average molecular weight is 345 g/mol. The molecule has 1 aromatic heterocycles. The number of halogens is 2. The van der Waals surface area contributed by atoms with Gasteiger partial charge in [-0.2, -0.15) is 0 Å². The van der Waals surface area contributed by atoms with Crippen LogP contribution in [0.5, 0.6) is 0 Å². The molecule has 1 heterocycles. The zero-order valence-corrected chi connectivity index (χ0v) is 13.7. The van der Waals surface area contributed by atoms with Gasteiger partial charge >= 0.3 is 0 Å². The molecule has 0 saturated heterocycles. The molecule has 0 spiro atoms. The van der Waals surface area contributed by atoms with Gasteiger partial charge in [0.2, 0.25) is 0 Å². The lowest BCUT2D eigenvalue weighted by Gasteiger charge is -2.17. The van der Waals surface area contributed by atoms with Crippen LogP contribution in [0.4, 0.5) is 0 Å². The molecule has 2 aromatic rings. The minimum atomic E-state index is 0.176. The lowest BCUT2D eigenvalue weighted by atomic mass is 10.0. The second-order valence-corrected chi connectivity index (χ2v) is 6.93. The topological polar surface area (TPSA) is 12.0 Å². The fourth-order valence-electron chi connectivity index (χ4n) is 2.08. The van der Waals surface area contributed by atoms with Crippen molar-refractivity contribution in [2.75, 3.05) is 7.05 Å². The monoisotopic (exact) mass is 343 g/mol. The van der Waals surface area contributed by atoms with Crippen molar-refractivity contribution in [1.29, 1.82) is 0 Å². The minimum Gasteiger partial charge on any atom is -0.309 e. The van der Waals surface area contributed by atoms with Crippen LogP contribution in [0.1, 0.15) is 26.9 Å². The molecule has 0 aliphatic carbocycles. The smallest absolute Gasteiger partial charge is 0.0680 e. The summed E-state index contributed by atoms with van der Waals surface area (Å²) in [6.45, 7) is 4.19. The summed E-state index contributed by atoms with van der Waals surface area (Å²) in [7, 11) is 1.97. The first-order valence-corrected chi connectivity index (χ1v) is 7.70. The SMILES string of the molecule is CNC(c1cc(C)cc(Cl)c1)c1sc(C)cc1Br. The molecule has 4 heteroatoms. The second kappa shape index (κ2) is 5.74. The third kappa shape index (κ3) is 2.97. The highest BCUT2D eigenvalue weighted by Gasteiger charge is 2.18. The van der Waals surface area contributed by atoms with E-state index >= 15 is 0 Å². The third-order valence-corrected chi connectivity index (χ3v) is 5.04. The summed E-state index contributed by atoms with van der Waals surface area (Å²) in [5, 5.41) is 4.15. The van der Waals surface area contributed by atoms with E-state index in [9.17, 15) is 0 Å². The van der Waals surface area contributed by atoms with E-state index in [0.29, 0.717) is 0 Å². The number of benzene rings is 1. The van der Waals surface area contributed by atoms with E-state index in [1.165, 1.54) is 20.9 Å². The maximum atomic E-state index is 6.15. The van der Waals surface area contributed by atoms with Crippen LogP contribution in [0.2, 0.25) is 5.02 Å². The van der Waals surface area contributed by atoms with E-state index in [2.05, 4.69) is 47.2 Å². The molecule has 1 atom stereocenters. The Balaban J connectivity index is 2.48. The molecular formula is C14H15BrClNS. The van der Waals surface area contributed by atoms with E-state index in [4.69, 9.17) is 11.6 Å². The highest BCUT2D eigenvalue weighted by Crippen LogP contribution is 2.36. The first-order chi connectivity index (χ1) is 8.51. The summed E-state index contributed by atoms with van der Waals surface area (Å²) in [5.74, 6) is 0. The molecular weight excluding hydrogens is 330 g/mol. The fourth-order valence-corrected chi connectivity index (χ4v) is 4.40. The van der Waals surface area contributed by atoms with Crippen molar-refractivity contribution in [2.24, 2.45) is 0 Å². The molecule has 96 valence electrons. The Hall–Kier alpha value is -0.350. The van der Waals surface area contributed by atoms with Crippen LogP contribution in [-0.2, 0) is 0 Å². The normalized spacial score (nSPS) is 12.7. The van der Waals surface area contributed by atoms with Crippen LogP contribution in [0.3, 0.4) is 0 Å². The van der Waals surface area contributed by atoms with Crippen LogP contribution in [0, 0.1) is 13.8 Å². The molecule has 2 rings (SSSR count). The first-order valence-electron chi connectivity index (χ1n) is 5.71. The molecule has 1 N–H and O–H groups in total. The van der Waals surface area contributed by atoms with Crippen LogP contribution < -0.4 is 5.32 Å². The average Bonchev–Trinajstić information content (AvgIpc) is 2.58. The lowest BCUT2D eigenvalue weighted by Crippen LogP contribution is -2.17. The third-order valence-electron chi connectivity index (χ3n) is 2.78. The molecule has 0 fully saturated rings. The summed E-state index contributed by atoms with van der Waals surface area (Å²) in [4.78, 5) is 2.59. The quantitative estimate of drug-likeness (QED) is 0.818. The van der Waals surface area contributed by atoms with Gasteiger partial charge in [-0.25, -0.2) is 0 Å². The Labute approximate surface area is 125 Å². The van der Waals surface area contributed by atoms with Gasteiger partial charge in [0, 0.05) is 19.2 Å². The molecule has 0 aliphatic heterocycles. The number of hydrogen-bond acceptors (Lipinski definition) is 2. The second-order valence-electron chi connectivity index (χ2n) is 4.35. The van der Waals surface area contributed by atoms with Gasteiger partial charge in [0.05, 0.1) is 6.04 Å². The van der Waals surface area contributed by atoms with Gasteiger partial charge in [-0.15, -0.1) is 11.3 Å². The zero-order chi connectivity index (χ0) is 13.3. The zero-order valence-electron chi connectivity index (χ0n) is 10.6. The molecule has 1 nitrogen and oxygen atoms in total. The largest absolute Gasteiger partial charge is 0.309 e. The maximum absolute atomic E-state index is 6.15. The van der Waals surface area contributed by atoms with Crippen LogP contribution in [0.25, 0.3) is 0 Å². The molecule has 0 amide bonds. The summed E-state index contributed by atoms with van der Waals surface area (Å²) < 4.78 is 1.15. The lowest BCUT2D eigenvalue weighted by molar-refractivity contribution is 0.701. The van der Waals surface area contributed by atoms with Crippen LogP contribution >= 0.6 is 38.9 Å². The van der Waals surface area contributed by atoms with E-state index in [1.807, 2.05) is 19.2 Å². The van der Waals surface area contributed by atoms with E-state index < -0.39 is 0 Å². The van der Waals surface area contributed by atoms with E-state index in [1.54, 1.807) is 11.3 Å². The van der Waals surface area contributed by atoms with Crippen LogP contribution in [0.15, 0.2) is 28.7 Å². The van der Waals surface area contributed by atoms with Gasteiger partial charge in [-0.1, -0.05) is 17.7 Å². The summed E-state index contributed by atoms with van der Waals surface area (Å²) in [5.41, 5.74) is 2.38. The molecule has 18 heavy (non-hydrogen) atoms. The number of rotatable bonds is 3. The van der Waals surface area contributed by atoms with Gasteiger partial charge in [0.25, 0.3) is 0 Å². The minimum absolute atomic E-state index is 0.176. The van der Waals surface area contributed by atoms with Gasteiger partial charge < -0.3 is 5.32 Å². The summed E-state index contributed by atoms with van der Waals surface area (Å²) >= 11 is 11.6. The molecule has 0 radical (unpaired) electrons. The molecule has 1 aromatic carbocycles. The van der Waals surface area contributed by atoms with Crippen molar-refractivity contribution in [3.8, 4) is 0 Å². The highest BCUT2D eigenvalue weighted by atomic mass is 79.9. The maximum Gasteiger partial charge on any atom is 0.0680 e. The van der Waals surface area contributed by atoms with E-state index in [-0.39, 0.29) is 6.04 Å². The number of hydrogen-bond donors (Lipinski definition) is 1. The Morgan fingerprint density at radius 2 is 1.94 bits per heavy atom. The van der Waals surface area contributed by atoms with Crippen molar-refractivity contribution >= 4 is 38.9 Å². The predicted molar refractivity (Wildman–Crippen MR) is 83.8 cm³/mol. The number of aryl methyl sites for hydroxylation is 2. The van der Waals surface area contributed by atoms with Gasteiger partial charge in [-0.05, 0) is 66.2 Å². The standard InChI is InChI=1S/C14H15BrClNS/c1-8-4-10(7-11(16)5-8)13(17-3)14-12(15)6-9(2)18-14/h4-7,13,17H,1-3H3. The van der Waals surface area contributed by atoms with Crippen molar-refractivity contribution in [1.82, 2.24) is 5.32 Å². The van der Waals surface area contributed by atoms with Crippen molar-refractivity contribution in [2.45, 2.75) is 19.9 Å². The molecule has 1 unspecified atom stereocenters. The molecule has 0 saturated carbocycles. The van der Waals surface area contributed by atoms with Crippen molar-refractivity contribution < 1.29 is 0 Å². The first kappa shape index (κ1) is 14.1. The summed E-state index contributed by atoms with van der Waals surface area (Å²) in [6.07, 6.45) is 0. The molecule has 0 bridgehead atoms. The van der Waals surface area contributed by atoms with Gasteiger partial charge in [0.1, 0.15) is 0 Å². The number of nitrogens with one attached hydrogen (secondary N) is 1. The summed E-state index contributed by atoms with van der Waals surface area (Å²) in [6, 6.07) is 8.51. The Morgan fingerprint density at radius 1 is 1.22 bits per heavy atom. The van der Waals surface area contributed by atoms with Crippen molar-refractivity contribution in [3.05, 3.63) is 54.6 Å². The predicted octanol–water partition coefficient (Wildman–Crippen LogP) is 5.09. The van der Waals surface area contributed by atoms with Gasteiger partial charge in [-0.3, -0.25) is 0 Å².